The number of nitrogens with one attached hydrogen (secondary N) is 7. The number of nitrogens with two attached hydrogens (primary N) is 3. The van der Waals surface area contributed by atoms with Gasteiger partial charge in [-0.15, -0.1) is 0 Å². The Labute approximate surface area is 609 Å². The molecule has 2 unspecified atom stereocenters. The number of guanidine groups is 1. The molecule has 0 bridgehead atoms. The van der Waals surface area contributed by atoms with E-state index in [4.69, 9.17) is 17.2 Å². The highest BCUT2D eigenvalue weighted by molar-refractivity contribution is 8.76. The molecule has 556 valence electrons. The van der Waals surface area contributed by atoms with Crippen LogP contribution in [-0.4, -0.2) is 206 Å². The van der Waals surface area contributed by atoms with E-state index >= 15 is 0 Å². The Hall–Kier alpha value is -10.1. The standard InChI is InChI=1S/C73H92N14O15S2/c1-72(2)56(25-8-6-5-7-9-26-57-73(3,4)63-46-21-13-11-19-44(46)28-30-54(63)86(57)37-32-60(91)92)85(53-29-27-43-18-10-12-20-45(43)62(53)72)36-31-58(89)80-51-41-103-104-42-52(67(98)81-48(70(101)102)22-14-15-33-74)84-68(99)55-24-17-35-87(55)69(100)50(40-88)83-66(97)49(38-61(93)94)82-65(96)47(23-16-34-77-71(75)76)79-59(90)39-78-64(51)95/h5-13,18-21,25-30,47-52,55,88H,14-17,22-24,31-42,74H2,1-4H3,(H13-,75,76,77,78,79,80,81,82,83,84,89,90,91,92,93,94,95,96,97,98,99,101,102)/p+1/t47-,48-,49+,50-,51?,52+,55?/m1/s1. The molecule has 8 amide bonds. The van der Waals surface area contributed by atoms with Gasteiger partial charge in [-0.25, -0.2) is 4.79 Å². The summed E-state index contributed by atoms with van der Waals surface area (Å²) in [5.74, 6) is -12.1. The fourth-order valence-corrected chi connectivity index (χ4v) is 15.9. The maximum Gasteiger partial charge on any atom is 0.326 e. The van der Waals surface area contributed by atoms with Crippen LogP contribution in [0.1, 0.15) is 103 Å². The molecule has 2 fully saturated rings. The molecule has 0 saturated carbocycles. The molecule has 29 nitrogen and oxygen atoms in total. The van der Waals surface area contributed by atoms with Crippen molar-refractivity contribution in [1.82, 2.24) is 42.1 Å². The van der Waals surface area contributed by atoms with Crippen LogP contribution in [0.15, 0.2) is 126 Å². The lowest BCUT2D eigenvalue weighted by atomic mass is 9.79. The molecule has 31 heteroatoms. The number of aliphatic hydroxyl groups is 1. The molecule has 4 aliphatic heterocycles. The molecule has 2 saturated heterocycles. The van der Waals surface area contributed by atoms with E-state index in [0.717, 1.165) is 81.9 Å². The number of fused-ring (bicyclic) bond motifs is 7. The maximum absolute atomic E-state index is 14.6. The fourth-order valence-electron chi connectivity index (χ4n) is 13.5. The molecular formula is C73H93N14O15S2+. The number of carboxylic acids is 3. The number of allylic oxidation sites excluding steroid dienone is 8. The van der Waals surface area contributed by atoms with Crippen LogP contribution in [0.5, 0.6) is 0 Å². The zero-order chi connectivity index (χ0) is 75.4. The number of aliphatic carboxylic acids is 3. The lowest BCUT2D eigenvalue weighted by molar-refractivity contribution is -0.436. The minimum absolute atomic E-state index is 0.0102. The molecule has 0 radical (unpaired) electrons. The van der Waals surface area contributed by atoms with E-state index in [-0.39, 0.29) is 95.1 Å². The number of hydrogen-bond donors (Lipinski definition) is 14. The van der Waals surface area contributed by atoms with Gasteiger partial charge in [0, 0.05) is 72.1 Å². The summed E-state index contributed by atoms with van der Waals surface area (Å²) in [7, 11) is 1.97. The van der Waals surface area contributed by atoms with Gasteiger partial charge in [-0.3, -0.25) is 52.9 Å². The first-order valence-corrected chi connectivity index (χ1v) is 37.0. The van der Waals surface area contributed by atoms with E-state index in [2.05, 4.69) is 98.7 Å². The first kappa shape index (κ1) is 79.6. The Bertz CT molecular complexity index is 4110. The lowest BCUT2D eigenvalue weighted by Crippen LogP contribution is -2.60. The second kappa shape index (κ2) is 36.9. The normalized spacial score (nSPS) is 22.0. The summed E-state index contributed by atoms with van der Waals surface area (Å²) in [6, 6.07) is 13.4. The van der Waals surface area contributed by atoms with Gasteiger partial charge in [-0.1, -0.05) is 120 Å². The summed E-state index contributed by atoms with van der Waals surface area (Å²) in [5, 5.41) is 62.0. The van der Waals surface area contributed by atoms with E-state index in [1.165, 1.54) is 0 Å². The Kier molecular flexibility index (Phi) is 28.2. The van der Waals surface area contributed by atoms with Crippen molar-refractivity contribution in [2.75, 3.05) is 62.3 Å². The van der Waals surface area contributed by atoms with Crippen LogP contribution in [0.4, 0.5) is 11.4 Å². The van der Waals surface area contributed by atoms with Gasteiger partial charge in [0.25, 0.3) is 0 Å². The lowest BCUT2D eigenvalue weighted by Gasteiger charge is -2.30. The molecule has 4 aromatic carbocycles. The SMILES string of the molecule is CC1(C)C(/C=C/C=C/C=C/C=C2/N(CCC(=O)NC3CSSC[C@@H](C(=O)N[C@H](CCCCN)C(=O)O)NC(=O)C4CCCN4C(=O)[C@@H](CO)NC(=O)[C@H](CC(=O)O)NC(=O)[C@@H](CCCN=C(N)N)NC(=O)CNC3=O)c3ccc4ccccc4c3C2(C)C)=[N+](CCC(=O)O)c2ccc3ccccc3c21. The number of hydrogen-bond acceptors (Lipinski definition) is 17. The third-order valence-electron chi connectivity index (χ3n) is 18.6. The number of carbonyl (C=O) groups is 11. The molecule has 17 N–H and O–H groups in total. The predicted octanol–water partition coefficient (Wildman–Crippen LogP) is 2.73. The molecule has 0 aliphatic carbocycles. The number of unbranched alkanes of at least 4 members (excludes halogenated alkanes) is 1. The number of aliphatic hydroxyl groups excluding tert-OH is 1. The molecular weight excluding hydrogens is 1380 g/mol. The number of anilines is 1. The highest BCUT2D eigenvalue weighted by Crippen LogP contribution is 2.51. The molecule has 104 heavy (non-hydrogen) atoms. The number of nitrogens with zero attached hydrogens (tertiary/aromatic N) is 4. The summed E-state index contributed by atoms with van der Waals surface area (Å²) in [4.78, 5) is 157. The Morgan fingerprint density at radius 2 is 1.39 bits per heavy atom. The molecule has 4 aromatic rings. The number of rotatable bonds is 25. The Morgan fingerprint density at radius 1 is 0.731 bits per heavy atom. The number of aliphatic imine (C=N–C) groups is 1. The molecule has 8 rings (SSSR count). The quantitative estimate of drug-likeness (QED) is 0.0113. The zero-order valence-electron chi connectivity index (χ0n) is 58.6. The minimum Gasteiger partial charge on any atom is -0.481 e. The summed E-state index contributed by atoms with van der Waals surface area (Å²) in [6.45, 7) is 7.18. The monoisotopic (exact) mass is 1470 g/mol. The number of carbonyl (C=O) groups excluding carboxylic acids is 8. The minimum atomic E-state index is -1.92. The van der Waals surface area contributed by atoms with Gasteiger partial charge < -0.3 is 84.6 Å². The second-order valence-electron chi connectivity index (χ2n) is 26.7. The number of carboxylic acid groups (broad SMARTS) is 3. The second-order valence-corrected chi connectivity index (χ2v) is 29.2. The van der Waals surface area contributed by atoms with Crippen molar-refractivity contribution in [2.45, 2.75) is 145 Å². The Morgan fingerprint density at radius 3 is 2.08 bits per heavy atom. The molecule has 0 spiro atoms. The van der Waals surface area contributed by atoms with Gasteiger partial charge in [0.2, 0.25) is 52.9 Å². The van der Waals surface area contributed by atoms with Gasteiger partial charge in [0.05, 0.1) is 25.0 Å². The fraction of sp³-hybridized carbons (Fsp3) is 0.438. The third kappa shape index (κ3) is 20.2. The van der Waals surface area contributed by atoms with Gasteiger partial charge in [-0.2, -0.15) is 4.58 Å². The molecule has 4 heterocycles. The van der Waals surface area contributed by atoms with E-state index in [1.807, 2.05) is 96.0 Å². The van der Waals surface area contributed by atoms with Crippen molar-refractivity contribution in [1.29, 1.82) is 0 Å². The van der Waals surface area contributed by atoms with Crippen molar-refractivity contribution in [3.8, 4) is 0 Å². The highest BCUT2D eigenvalue weighted by Gasteiger charge is 2.47. The molecule has 4 aliphatic rings. The van der Waals surface area contributed by atoms with E-state index in [1.54, 1.807) is 0 Å². The Balaban J connectivity index is 1.07. The first-order chi connectivity index (χ1) is 49.7. The van der Waals surface area contributed by atoms with Gasteiger partial charge in [-0.05, 0) is 111 Å². The average Bonchev–Trinajstić information content (AvgIpc) is 1.58. The van der Waals surface area contributed by atoms with Gasteiger partial charge in [0.15, 0.2) is 18.2 Å². The van der Waals surface area contributed by atoms with E-state index < -0.39 is 138 Å². The topological polar surface area (TPSA) is 453 Å². The summed E-state index contributed by atoms with van der Waals surface area (Å²) in [6.07, 6.45) is 13.1. The van der Waals surface area contributed by atoms with E-state index in [9.17, 15) is 73.2 Å². The summed E-state index contributed by atoms with van der Waals surface area (Å²) in [5.41, 5.74) is 21.4. The van der Waals surface area contributed by atoms with Crippen molar-refractivity contribution in [3.05, 3.63) is 132 Å². The molecule has 7 atom stereocenters. The van der Waals surface area contributed by atoms with Crippen LogP contribution in [-0.2, 0) is 63.6 Å². The zero-order valence-corrected chi connectivity index (χ0v) is 60.2. The number of amides is 8. The van der Waals surface area contributed by atoms with Crippen molar-refractivity contribution < 1.29 is 77.7 Å². The molecule has 0 aromatic heterocycles. The van der Waals surface area contributed by atoms with Crippen LogP contribution < -0.4 is 59.3 Å². The highest BCUT2D eigenvalue weighted by atomic mass is 33.1. The third-order valence-corrected chi connectivity index (χ3v) is 21.1. The predicted molar refractivity (Wildman–Crippen MR) is 397 cm³/mol. The average molecular weight is 1470 g/mol. The van der Waals surface area contributed by atoms with Gasteiger partial charge in [0.1, 0.15) is 48.7 Å². The van der Waals surface area contributed by atoms with Crippen LogP contribution >= 0.6 is 21.6 Å². The van der Waals surface area contributed by atoms with Crippen LogP contribution in [0.3, 0.4) is 0 Å². The van der Waals surface area contributed by atoms with Crippen LogP contribution in [0.25, 0.3) is 21.5 Å². The van der Waals surface area contributed by atoms with E-state index in [0.29, 0.717) is 12.8 Å². The summed E-state index contributed by atoms with van der Waals surface area (Å²) >= 11 is 0. The smallest absolute Gasteiger partial charge is 0.326 e. The van der Waals surface area contributed by atoms with Crippen molar-refractivity contribution in [3.63, 3.8) is 0 Å². The number of benzene rings is 4. The maximum atomic E-state index is 14.6. The summed E-state index contributed by atoms with van der Waals surface area (Å²) < 4.78 is 2.08. The first-order valence-electron chi connectivity index (χ1n) is 34.5. The van der Waals surface area contributed by atoms with Gasteiger partial charge >= 0.3 is 17.9 Å². The van der Waals surface area contributed by atoms with Crippen molar-refractivity contribution in [2.24, 2.45) is 22.2 Å². The van der Waals surface area contributed by atoms with Crippen LogP contribution in [0, 0.1) is 0 Å². The van der Waals surface area contributed by atoms with Crippen LogP contribution in [0.2, 0.25) is 0 Å². The largest absolute Gasteiger partial charge is 0.481 e. The van der Waals surface area contributed by atoms with Crippen molar-refractivity contribution >= 4 is 131 Å².